The highest BCUT2D eigenvalue weighted by atomic mass is 79.9. The van der Waals surface area contributed by atoms with Crippen LogP contribution in [-0.2, 0) is 99.4 Å². The lowest BCUT2D eigenvalue weighted by atomic mass is 9.81. The fourth-order valence-corrected chi connectivity index (χ4v) is 15.3. The minimum Gasteiger partial charge on any atom is -0.378 e. The summed E-state index contributed by atoms with van der Waals surface area (Å²) >= 11 is 25.9. The van der Waals surface area contributed by atoms with Crippen molar-refractivity contribution in [2.75, 3.05) is 0 Å². The molecule has 0 fully saturated rings. The van der Waals surface area contributed by atoms with E-state index in [-0.39, 0.29) is 98.2 Å². The molecule has 0 atom stereocenters. The van der Waals surface area contributed by atoms with Gasteiger partial charge >= 0.3 is 40.5 Å². The van der Waals surface area contributed by atoms with Crippen LogP contribution >= 0.6 is 86.9 Å². The van der Waals surface area contributed by atoms with Crippen LogP contribution in [0.15, 0.2) is 183 Å². The Morgan fingerprint density at radius 1 is 0.352 bits per heavy atom. The molecule has 460 valence electrons. The van der Waals surface area contributed by atoms with Crippen molar-refractivity contribution in [1.82, 2.24) is 0 Å². The molecule has 1 aliphatic carbocycles. The average Bonchev–Trinajstić information content (AvgIpc) is 1.51. The lowest BCUT2D eigenvalue weighted by Crippen LogP contribution is -2.19. The second-order valence-electron chi connectivity index (χ2n) is 23.0. The van der Waals surface area contributed by atoms with Crippen LogP contribution in [0.2, 0.25) is 0 Å². The highest BCUT2D eigenvalue weighted by Crippen LogP contribution is 2.45. The Bertz CT molecular complexity index is 4160. The van der Waals surface area contributed by atoms with Crippen molar-refractivity contribution in [2.24, 2.45) is 0 Å². The molecule has 0 N–H and O–H groups in total. The zero-order valence-corrected chi connectivity index (χ0v) is 58.8. The van der Waals surface area contributed by atoms with E-state index in [2.05, 4.69) is 63.7 Å². The van der Waals surface area contributed by atoms with Crippen molar-refractivity contribution in [3.63, 3.8) is 0 Å². The van der Waals surface area contributed by atoms with Gasteiger partial charge in [0.1, 0.15) is 42.6 Å². The van der Waals surface area contributed by atoms with Crippen LogP contribution in [0.3, 0.4) is 0 Å². The highest BCUT2D eigenvalue weighted by molar-refractivity contribution is 9.11. The SMILES string of the molecule is CC(C)(C)c1cc2c(OS(=O)(=O)c3ccc(Br)cc3)c(c1)Cc1cc(CC(=O)Cl)cc(c1OS(=O)(=O)c1ccc(Br)cc1)Cc1cc(C(C)(C)C)cc(c1OS(=O)(=O)c1ccc(Br)cc1)Cc1cc(CC(=O)Cl)cc(c1OS(=O)(=O)c1ccc(Br)cc1)C2. The van der Waals surface area contributed by atoms with Crippen LogP contribution in [0.1, 0.15) is 108 Å². The third-order valence-electron chi connectivity index (χ3n) is 14.2. The zero-order valence-electron chi connectivity index (χ0n) is 47.7. The predicted molar refractivity (Wildman–Crippen MR) is 351 cm³/mol. The molecule has 0 aromatic heterocycles. The van der Waals surface area contributed by atoms with Crippen molar-refractivity contribution < 1.29 is 60.0 Å². The van der Waals surface area contributed by atoms with Crippen LogP contribution in [0.4, 0.5) is 0 Å². The number of halogens is 6. The summed E-state index contributed by atoms with van der Waals surface area (Å²) in [6, 6.07) is 35.6. The summed E-state index contributed by atoms with van der Waals surface area (Å²) < 4.78 is 147. The summed E-state index contributed by atoms with van der Waals surface area (Å²) in [4.78, 5) is 25.1. The maximum Gasteiger partial charge on any atom is 0.339 e. The molecule has 9 rings (SSSR count). The zero-order chi connectivity index (χ0) is 64.1. The minimum absolute atomic E-state index is 0.0766. The summed E-state index contributed by atoms with van der Waals surface area (Å²) in [5.74, 6) is -1.07. The van der Waals surface area contributed by atoms with Gasteiger partial charge < -0.3 is 16.7 Å². The number of benzene rings is 8. The molecule has 0 saturated heterocycles. The summed E-state index contributed by atoms with van der Waals surface area (Å²) in [7, 11) is -19.2. The molecule has 24 heteroatoms. The molecule has 0 radical (unpaired) electrons. The molecule has 0 heterocycles. The first-order valence-electron chi connectivity index (χ1n) is 26.8. The van der Waals surface area contributed by atoms with Gasteiger partial charge in [0.05, 0.1) is 0 Å². The third-order valence-corrected chi connectivity index (χ3v) is 21.5. The van der Waals surface area contributed by atoms with Gasteiger partial charge in [-0.05, 0) is 153 Å². The van der Waals surface area contributed by atoms with Crippen molar-refractivity contribution in [1.29, 1.82) is 0 Å². The fourth-order valence-electron chi connectivity index (χ4n) is 9.89. The van der Waals surface area contributed by atoms with Crippen molar-refractivity contribution in [3.8, 4) is 23.0 Å². The van der Waals surface area contributed by atoms with E-state index in [4.69, 9.17) is 39.9 Å². The minimum atomic E-state index is -4.80. The van der Waals surface area contributed by atoms with Gasteiger partial charge in [-0.1, -0.05) is 154 Å². The first-order valence-corrected chi connectivity index (χ1v) is 36.4. The molecule has 0 saturated carbocycles. The molecule has 8 aromatic carbocycles. The molecular formula is C64H54Br4Cl2O14S4. The van der Waals surface area contributed by atoms with Gasteiger partial charge in [-0.25, -0.2) is 0 Å². The fraction of sp³-hybridized carbons (Fsp3) is 0.219. The topological polar surface area (TPSA) is 208 Å². The Morgan fingerprint density at radius 2 is 0.534 bits per heavy atom. The molecule has 0 spiro atoms. The number of fused-ring (bicyclic) bond motifs is 8. The number of carbonyl (C=O) groups is 2. The van der Waals surface area contributed by atoms with E-state index in [1.807, 2.05) is 41.5 Å². The van der Waals surface area contributed by atoms with Crippen LogP contribution in [-0.4, -0.2) is 44.2 Å². The normalized spacial score (nSPS) is 13.1. The van der Waals surface area contributed by atoms with Crippen molar-refractivity contribution >= 4 is 138 Å². The van der Waals surface area contributed by atoms with E-state index >= 15 is 0 Å². The van der Waals surface area contributed by atoms with Gasteiger partial charge in [0, 0.05) is 101 Å². The molecule has 0 amide bonds. The maximum atomic E-state index is 14.9. The molecular weight excluding hydrogens is 1510 g/mol. The number of rotatable bonds is 16. The lowest BCUT2D eigenvalue weighted by Gasteiger charge is -2.27. The monoisotopic (exact) mass is 1560 g/mol. The Morgan fingerprint density at radius 3 is 0.705 bits per heavy atom. The van der Waals surface area contributed by atoms with E-state index in [1.54, 1.807) is 24.3 Å². The standard InChI is InChI=1S/C64H54Br4Cl2O14S4/c1-63(2,3)47-33-43-29-39-23-37(27-57(69)71)25-41(59(39)81-85(73,74)53-15-7-49(65)8-16-53)31-45-35-48(64(4,5)6)36-46(62(45)84-88(79,80)56-21-13-52(68)14-22-56)32-42-26-38(28-58(70)72)24-40(60(42)82-86(75,76)54-17-9-50(66)10-18-54)30-44(34-47)61(43)83-87(77,78)55-19-11-51(67)12-20-55/h7-26,33-36H,27-32H2,1-6H3. The summed E-state index contributed by atoms with van der Waals surface area (Å²) in [5.41, 5.74) is 1.11. The number of hydrogen-bond donors (Lipinski definition) is 0. The van der Waals surface area contributed by atoms with E-state index in [9.17, 15) is 43.3 Å². The molecule has 0 aliphatic heterocycles. The second-order valence-corrected chi connectivity index (χ2v) is 33.7. The van der Waals surface area contributed by atoms with Gasteiger partial charge in [-0.3, -0.25) is 9.59 Å². The van der Waals surface area contributed by atoms with Crippen molar-refractivity contribution in [2.45, 2.75) is 110 Å². The van der Waals surface area contributed by atoms with Crippen LogP contribution < -0.4 is 16.7 Å². The molecule has 88 heavy (non-hydrogen) atoms. The summed E-state index contributed by atoms with van der Waals surface area (Å²) in [5, 5.41) is -1.59. The van der Waals surface area contributed by atoms with E-state index in [1.165, 1.54) is 121 Å². The van der Waals surface area contributed by atoms with Crippen LogP contribution in [0, 0.1) is 0 Å². The Labute approximate surface area is 556 Å². The summed E-state index contributed by atoms with van der Waals surface area (Å²) in [6.45, 7) is 11.4. The van der Waals surface area contributed by atoms with E-state index in [0.717, 1.165) is 0 Å². The maximum absolute atomic E-state index is 14.9. The Hall–Kier alpha value is -5.40. The van der Waals surface area contributed by atoms with Gasteiger partial charge in [0.15, 0.2) is 0 Å². The largest absolute Gasteiger partial charge is 0.378 e. The van der Waals surface area contributed by atoms with Crippen molar-refractivity contribution in [3.05, 3.63) is 230 Å². The van der Waals surface area contributed by atoms with Crippen LogP contribution in [0.5, 0.6) is 23.0 Å². The van der Waals surface area contributed by atoms with Gasteiger partial charge in [0.2, 0.25) is 10.5 Å². The Kier molecular flexibility index (Phi) is 19.8. The first kappa shape index (κ1) is 67.0. The number of hydrogen-bond acceptors (Lipinski definition) is 14. The molecule has 8 aromatic rings. The van der Waals surface area contributed by atoms with Gasteiger partial charge in [-0.2, -0.15) is 33.7 Å². The second kappa shape index (κ2) is 26.1. The van der Waals surface area contributed by atoms with Crippen LogP contribution in [0.25, 0.3) is 0 Å². The highest BCUT2D eigenvalue weighted by Gasteiger charge is 2.33. The van der Waals surface area contributed by atoms with Gasteiger partial charge in [0.25, 0.3) is 0 Å². The average molecular weight is 1570 g/mol. The quantitative estimate of drug-likeness (QED) is 0.0651. The van der Waals surface area contributed by atoms with E-state index in [0.29, 0.717) is 29.0 Å². The first-order chi connectivity index (χ1) is 41.0. The molecule has 8 bridgehead atoms. The van der Waals surface area contributed by atoms with E-state index < -0.39 is 100 Å². The Balaban J connectivity index is 1.47. The smallest absolute Gasteiger partial charge is 0.339 e. The third kappa shape index (κ3) is 16.0. The molecule has 14 nitrogen and oxygen atoms in total. The molecule has 1 aliphatic rings. The van der Waals surface area contributed by atoms with Gasteiger partial charge in [-0.15, -0.1) is 0 Å². The number of carbonyl (C=O) groups excluding carboxylic acids is 2. The lowest BCUT2D eigenvalue weighted by molar-refractivity contribution is -0.111. The summed E-state index contributed by atoms with van der Waals surface area (Å²) in [6.07, 6.45) is -2.39. The molecule has 0 unspecified atom stereocenters. The predicted octanol–water partition coefficient (Wildman–Crippen LogP) is 15.7.